The highest BCUT2D eigenvalue weighted by Gasteiger charge is 2.14. The monoisotopic (exact) mass is 309 g/mol. The van der Waals surface area contributed by atoms with Gasteiger partial charge < -0.3 is 4.90 Å². The smallest absolute Gasteiger partial charge is 0.128 e. The van der Waals surface area contributed by atoms with Crippen molar-refractivity contribution in [3.63, 3.8) is 0 Å². The van der Waals surface area contributed by atoms with E-state index in [0.717, 1.165) is 5.69 Å². The van der Waals surface area contributed by atoms with Gasteiger partial charge in [-0.3, -0.25) is 0 Å². The van der Waals surface area contributed by atoms with Gasteiger partial charge in [-0.1, -0.05) is 30.3 Å². The molecule has 1 nitrogen and oxygen atoms in total. The predicted octanol–water partition coefficient (Wildman–Crippen LogP) is 6.05. The first-order valence-electron chi connectivity index (χ1n) is 7.44. The zero-order valence-corrected chi connectivity index (χ0v) is 13.1. The van der Waals surface area contributed by atoms with Crippen LogP contribution in [-0.2, 0) is 0 Å². The van der Waals surface area contributed by atoms with Crippen LogP contribution in [0.4, 0.5) is 25.8 Å². The summed E-state index contributed by atoms with van der Waals surface area (Å²) in [5.41, 5.74) is 3.32. The molecule has 0 radical (unpaired) electrons. The van der Waals surface area contributed by atoms with Crippen molar-refractivity contribution in [3.05, 3.63) is 89.5 Å². The third kappa shape index (κ3) is 3.09. The highest BCUT2D eigenvalue weighted by Crippen LogP contribution is 2.35. The summed E-state index contributed by atoms with van der Waals surface area (Å²) in [6.45, 7) is 3.44. The lowest BCUT2D eigenvalue weighted by molar-refractivity contribution is 0.618. The Bertz CT molecular complexity index is 777. The number of hydrogen-bond acceptors (Lipinski definition) is 1. The van der Waals surface area contributed by atoms with Crippen LogP contribution in [-0.4, -0.2) is 0 Å². The van der Waals surface area contributed by atoms with Gasteiger partial charge >= 0.3 is 0 Å². The van der Waals surface area contributed by atoms with E-state index in [2.05, 4.69) is 0 Å². The molecule has 0 aliphatic heterocycles. The Labute approximate surface area is 134 Å². The molecule has 0 aliphatic rings. The molecule has 3 aromatic carbocycles. The first kappa shape index (κ1) is 15.2. The molecule has 3 aromatic rings. The number of hydrogen-bond donors (Lipinski definition) is 0. The molecule has 0 fully saturated rings. The quantitative estimate of drug-likeness (QED) is 0.569. The van der Waals surface area contributed by atoms with Gasteiger partial charge in [-0.15, -0.1) is 0 Å². The average molecular weight is 309 g/mol. The van der Waals surface area contributed by atoms with Crippen LogP contribution in [0.5, 0.6) is 0 Å². The zero-order chi connectivity index (χ0) is 16.4. The molecule has 0 heterocycles. The molecule has 3 rings (SSSR count). The molecule has 0 N–H and O–H groups in total. The van der Waals surface area contributed by atoms with Crippen LogP contribution in [0.15, 0.2) is 66.7 Å². The fourth-order valence-electron chi connectivity index (χ4n) is 2.47. The van der Waals surface area contributed by atoms with Gasteiger partial charge in [-0.25, -0.2) is 8.78 Å². The molecule has 0 aliphatic carbocycles. The van der Waals surface area contributed by atoms with Gasteiger partial charge in [0.05, 0.1) is 0 Å². The number of rotatable bonds is 3. The van der Waals surface area contributed by atoms with Crippen molar-refractivity contribution in [1.29, 1.82) is 0 Å². The van der Waals surface area contributed by atoms with Crippen molar-refractivity contribution in [2.45, 2.75) is 13.8 Å². The number of nitrogens with zero attached hydrogens (tertiary/aromatic N) is 1. The lowest BCUT2D eigenvalue weighted by atomic mass is 10.1. The summed E-state index contributed by atoms with van der Waals surface area (Å²) < 4.78 is 28.0. The van der Waals surface area contributed by atoms with Crippen LogP contribution in [0.3, 0.4) is 0 Å². The summed E-state index contributed by atoms with van der Waals surface area (Å²) >= 11 is 0. The normalized spacial score (nSPS) is 10.6. The second-order valence-corrected chi connectivity index (χ2v) is 5.54. The summed E-state index contributed by atoms with van der Waals surface area (Å²) in [6.07, 6.45) is 0. The molecule has 3 heteroatoms. The van der Waals surface area contributed by atoms with Gasteiger partial charge in [0.25, 0.3) is 0 Å². The lowest BCUT2D eigenvalue weighted by Crippen LogP contribution is -2.10. The minimum atomic E-state index is -0.281. The van der Waals surface area contributed by atoms with Crippen LogP contribution in [0, 0.1) is 25.5 Å². The van der Waals surface area contributed by atoms with Crippen molar-refractivity contribution in [2.75, 3.05) is 4.90 Å². The van der Waals surface area contributed by atoms with E-state index in [1.54, 1.807) is 26.0 Å². The fourth-order valence-corrected chi connectivity index (χ4v) is 2.47. The Morgan fingerprint density at radius 1 is 0.609 bits per heavy atom. The van der Waals surface area contributed by atoms with Gasteiger partial charge in [0, 0.05) is 17.1 Å². The second kappa shape index (κ2) is 6.21. The second-order valence-electron chi connectivity index (χ2n) is 5.54. The van der Waals surface area contributed by atoms with E-state index >= 15 is 0 Å². The van der Waals surface area contributed by atoms with Crippen LogP contribution < -0.4 is 4.90 Å². The van der Waals surface area contributed by atoms with E-state index < -0.39 is 0 Å². The third-order valence-electron chi connectivity index (χ3n) is 3.84. The molecule has 0 aromatic heterocycles. The van der Waals surface area contributed by atoms with Crippen LogP contribution >= 0.6 is 0 Å². The molecule has 0 spiro atoms. The summed E-state index contributed by atoms with van der Waals surface area (Å²) in [7, 11) is 0. The average Bonchev–Trinajstić information content (AvgIpc) is 2.55. The van der Waals surface area contributed by atoms with Gasteiger partial charge in [0.2, 0.25) is 0 Å². The van der Waals surface area contributed by atoms with E-state index in [-0.39, 0.29) is 11.6 Å². The fraction of sp³-hybridized carbons (Fsp3) is 0.100. The molecule has 0 atom stereocenters. The molecule has 23 heavy (non-hydrogen) atoms. The van der Waals surface area contributed by atoms with Crippen LogP contribution in [0.1, 0.15) is 11.1 Å². The Kier molecular flexibility index (Phi) is 4.11. The highest BCUT2D eigenvalue weighted by molar-refractivity contribution is 5.76. The topological polar surface area (TPSA) is 3.24 Å². The number of halogens is 2. The van der Waals surface area contributed by atoms with Gasteiger partial charge in [-0.05, 0) is 61.4 Å². The Morgan fingerprint density at radius 3 is 1.52 bits per heavy atom. The van der Waals surface area contributed by atoms with Crippen molar-refractivity contribution in [2.24, 2.45) is 0 Å². The van der Waals surface area contributed by atoms with Crippen molar-refractivity contribution >= 4 is 17.1 Å². The van der Waals surface area contributed by atoms with Gasteiger partial charge in [-0.2, -0.15) is 0 Å². The first-order chi connectivity index (χ1) is 11.1. The molecular weight excluding hydrogens is 292 g/mol. The Hall–Kier alpha value is -2.68. The van der Waals surface area contributed by atoms with Gasteiger partial charge in [0.15, 0.2) is 0 Å². The number of anilines is 3. The molecule has 0 amide bonds. The van der Waals surface area contributed by atoms with Crippen LogP contribution in [0.25, 0.3) is 0 Å². The van der Waals surface area contributed by atoms with Crippen LogP contribution in [0.2, 0.25) is 0 Å². The number of aryl methyl sites for hydroxylation is 2. The summed E-state index contributed by atoms with van der Waals surface area (Å²) in [4.78, 5) is 1.84. The minimum Gasteiger partial charge on any atom is -0.310 e. The summed E-state index contributed by atoms with van der Waals surface area (Å²) in [5.74, 6) is -0.563. The maximum Gasteiger partial charge on any atom is 0.128 e. The summed E-state index contributed by atoms with van der Waals surface area (Å²) in [6, 6.07) is 19.6. The maximum absolute atomic E-state index is 14.0. The van der Waals surface area contributed by atoms with Crippen molar-refractivity contribution in [3.8, 4) is 0 Å². The van der Waals surface area contributed by atoms with E-state index in [1.165, 1.54) is 12.1 Å². The zero-order valence-electron chi connectivity index (χ0n) is 13.1. The first-order valence-corrected chi connectivity index (χ1v) is 7.44. The Morgan fingerprint density at radius 2 is 1.09 bits per heavy atom. The Balaban J connectivity index is 2.17. The largest absolute Gasteiger partial charge is 0.310 e. The van der Waals surface area contributed by atoms with Crippen molar-refractivity contribution in [1.82, 2.24) is 0 Å². The molecule has 116 valence electrons. The van der Waals surface area contributed by atoms with Gasteiger partial charge in [0.1, 0.15) is 11.6 Å². The lowest BCUT2D eigenvalue weighted by Gasteiger charge is -2.26. The molecule has 0 saturated carbocycles. The molecule has 0 unspecified atom stereocenters. The molecule has 0 bridgehead atoms. The third-order valence-corrected chi connectivity index (χ3v) is 3.84. The number of para-hydroxylation sites is 1. The standard InChI is InChI=1S/C20H17F2N/c1-14-8-10-17(12-19(14)21)23(16-6-4-3-5-7-16)18-11-9-15(2)20(22)13-18/h3-13H,1-2H3. The van der Waals surface area contributed by atoms with E-state index in [4.69, 9.17) is 0 Å². The SMILES string of the molecule is Cc1ccc(N(c2ccccc2)c2ccc(C)c(F)c2)cc1F. The number of benzene rings is 3. The maximum atomic E-state index is 14.0. The predicted molar refractivity (Wildman–Crippen MR) is 90.5 cm³/mol. The highest BCUT2D eigenvalue weighted by atomic mass is 19.1. The minimum absolute atomic E-state index is 0.281. The van der Waals surface area contributed by atoms with E-state index in [0.29, 0.717) is 22.5 Å². The van der Waals surface area contributed by atoms with E-state index in [9.17, 15) is 8.78 Å². The van der Waals surface area contributed by atoms with Crippen molar-refractivity contribution < 1.29 is 8.78 Å². The molecular formula is C20H17F2N. The molecule has 0 saturated heterocycles. The van der Waals surface area contributed by atoms with E-state index in [1.807, 2.05) is 47.4 Å². The summed E-state index contributed by atoms with van der Waals surface area (Å²) in [5, 5.41) is 0.